The van der Waals surface area contributed by atoms with Gasteiger partial charge in [0.05, 0.1) is 18.4 Å². The number of aliphatic imine (C=N–C) groups is 1. The van der Waals surface area contributed by atoms with Gasteiger partial charge in [0.15, 0.2) is 0 Å². The average Bonchev–Trinajstić information content (AvgIpc) is 2.87. The third kappa shape index (κ3) is 8.39. The molecule has 0 atom stereocenters. The largest absolute Gasteiger partial charge is 0.489 e. The Kier molecular flexibility index (Phi) is 10.2. The van der Waals surface area contributed by atoms with Gasteiger partial charge in [0.1, 0.15) is 29.8 Å². The van der Waals surface area contributed by atoms with Crippen molar-refractivity contribution in [2.45, 2.75) is 13.0 Å². The Balaban J connectivity index is 1.78. The topological polar surface area (TPSA) is 118 Å². The molecular formula is C28H34F2N6O3. The van der Waals surface area contributed by atoms with Crippen LogP contribution in [0.4, 0.5) is 25.8 Å². The lowest BCUT2D eigenvalue weighted by Crippen LogP contribution is -2.23. The summed E-state index contributed by atoms with van der Waals surface area (Å²) in [6, 6.07) is 13.0. The molecule has 0 spiro atoms. The normalized spacial score (nSPS) is 11.5. The highest BCUT2D eigenvalue weighted by Gasteiger charge is 2.16. The first kappa shape index (κ1) is 29.3. The monoisotopic (exact) mass is 540 g/mol. The van der Waals surface area contributed by atoms with Crippen LogP contribution in [-0.4, -0.2) is 58.0 Å². The number of halogens is 2. The number of carbonyl (C=O) groups is 1. The van der Waals surface area contributed by atoms with E-state index >= 15 is 0 Å². The van der Waals surface area contributed by atoms with E-state index in [1.165, 1.54) is 25.3 Å². The number of nitrogens with zero attached hydrogens (tertiary/aromatic N) is 3. The lowest BCUT2D eigenvalue weighted by atomic mass is 10.1. The standard InChI is InChI=1S/C28H34F2N6O3/c1-35(2)10-5-11-36(3)21-6-8-23(26(15-21)34-38-4)28(37)33-27(32)24-16-22(7-9-25(24)31)39-17-18-12-19(29)14-20(30)13-18/h6-9,12-16,34H,5,10-11,17,31H2,1-4H3,(H2,32,33,37). The molecule has 0 aliphatic carbocycles. The molecule has 0 heterocycles. The van der Waals surface area contributed by atoms with Crippen molar-refractivity contribution in [1.29, 1.82) is 0 Å². The lowest BCUT2D eigenvalue weighted by Gasteiger charge is -2.22. The van der Waals surface area contributed by atoms with E-state index in [9.17, 15) is 13.6 Å². The van der Waals surface area contributed by atoms with Crippen LogP contribution in [0.1, 0.15) is 27.9 Å². The molecule has 0 aromatic heterocycles. The first-order valence-electron chi connectivity index (χ1n) is 12.2. The number of anilines is 3. The van der Waals surface area contributed by atoms with Gasteiger partial charge >= 0.3 is 0 Å². The number of hydrogen-bond acceptors (Lipinski definition) is 7. The second-order valence-electron chi connectivity index (χ2n) is 9.23. The number of ether oxygens (including phenoxy) is 1. The van der Waals surface area contributed by atoms with Gasteiger partial charge in [-0.1, -0.05) is 0 Å². The highest BCUT2D eigenvalue weighted by molar-refractivity contribution is 6.12. The van der Waals surface area contributed by atoms with Gasteiger partial charge < -0.3 is 26.0 Å². The van der Waals surface area contributed by atoms with Crippen molar-refractivity contribution < 1.29 is 23.1 Å². The number of amides is 1. The summed E-state index contributed by atoms with van der Waals surface area (Å²) in [5.41, 5.74) is 17.4. The van der Waals surface area contributed by atoms with Crippen LogP contribution in [0.2, 0.25) is 0 Å². The summed E-state index contributed by atoms with van der Waals surface area (Å²) < 4.78 is 32.6. The van der Waals surface area contributed by atoms with Crippen LogP contribution in [0, 0.1) is 11.6 Å². The van der Waals surface area contributed by atoms with Crippen LogP contribution in [0.3, 0.4) is 0 Å². The zero-order valence-electron chi connectivity index (χ0n) is 22.5. The molecule has 0 fully saturated rings. The number of amidine groups is 1. The van der Waals surface area contributed by atoms with E-state index in [1.54, 1.807) is 24.3 Å². The maximum absolute atomic E-state index is 13.5. The van der Waals surface area contributed by atoms with Crippen molar-refractivity contribution in [1.82, 2.24) is 4.90 Å². The average molecular weight is 541 g/mol. The first-order valence-corrected chi connectivity index (χ1v) is 12.2. The fraction of sp³-hybridized carbons (Fsp3) is 0.286. The Bertz CT molecular complexity index is 1310. The van der Waals surface area contributed by atoms with Crippen molar-refractivity contribution in [2.75, 3.05) is 57.5 Å². The van der Waals surface area contributed by atoms with Crippen molar-refractivity contribution in [3.8, 4) is 5.75 Å². The maximum atomic E-state index is 13.5. The highest BCUT2D eigenvalue weighted by atomic mass is 19.1. The predicted molar refractivity (Wildman–Crippen MR) is 150 cm³/mol. The molecule has 39 heavy (non-hydrogen) atoms. The molecule has 3 aromatic carbocycles. The Morgan fingerprint density at radius 1 is 0.974 bits per heavy atom. The number of nitrogen functional groups attached to an aromatic ring is 1. The quantitative estimate of drug-likeness (QED) is 0.136. The van der Waals surface area contributed by atoms with Gasteiger partial charge in [-0.2, -0.15) is 4.99 Å². The molecule has 0 aliphatic rings. The van der Waals surface area contributed by atoms with E-state index in [-0.39, 0.29) is 29.3 Å². The Morgan fingerprint density at radius 2 is 1.69 bits per heavy atom. The molecule has 0 unspecified atom stereocenters. The minimum absolute atomic E-state index is 0.0873. The van der Waals surface area contributed by atoms with E-state index < -0.39 is 17.5 Å². The summed E-state index contributed by atoms with van der Waals surface area (Å²) in [6.45, 7) is 1.70. The molecule has 5 N–H and O–H groups in total. The minimum atomic E-state index is -0.701. The van der Waals surface area contributed by atoms with Crippen LogP contribution in [-0.2, 0) is 11.4 Å². The molecule has 0 aliphatic heterocycles. The van der Waals surface area contributed by atoms with Crippen molar-refractivity contribution in [2.24, 2.45) is 10.7 Å². The molecule has 3 rings (SSSR count). The smallest absolute Gasteiger partial charge is 0.281 e. The second-order valence-corrected chi connectivity index (χ2v) is 9.23. The minimum Gasteiger partial charge on any atom is -0.489 e. The van der Waals surface area contributed by atoms with Crippen molar-refractivity contribution in [3.63, 3.8) is 0 Å². The number of rotatable bonds is 12. The van der Waals surface area contributed by atoms with E-state index in [1.807, 2.05) is 27.2 Å². The number of nitrogens with one attached hydrogen (secondary N) is 1. The molecule has 0 radical (unpaired) electrons. The number of hydrogen-bond donors (Lipinski definition) is 3. The third-order valence-corrected chi connectivity index (χ3v) is 5.84. The summed E-state index contributed by atoms with van der Waals surface area (Å²) in [5.74, 6) is -1.79. The summed E-state index contributed by atoms with van der Waals surface area (Å²) >= 11 is 0. The molecule has 0 saturated heterocycles. The molecule has 0 bridgehead atoms. The van der Waals surface area contributed by atoms with Gasteiger partial charge in [0.2, 0.25) is 0 Å². The molecule has 9 nitrogen and oxygen atoms in total. The molecule has 11 heteroatoms. The highest BCUT2D eigenvalue weighted by Crippen LogP contribution is 2.26. The Labute approximate surface area is 227 Å². The van der Waals surface area contributed by atoms with Crippen molar-refractivity contribution >= 4 is 28.8 Å². The maximum Gasteiger partial charge on any atom is 0.281 e. The summed E-state index contributed by atoms with van der Waals surface area (Å²) in [5, 5.41) is 0. The summed E-state index contributed by atoms with van der Waals surface area (Å²) in [7, 11) is 7.48. The molecule has 1 amide bonds. The fourth-order valence-electron chi connectivity index (χ4n) is 3.84. The van der Waals surface area contributed by atoms with Crippen LogP contribution in [0.5, 0.6) is 5.75 Å². The SMILES string of the molecule is CONc1cc(N(C)CCCN(C)C)ccc1C(=O)N=C(N)c1cc(OCc2cc(F)cc(F)c2)ccc1N. The second kappa shape index (κ2) is 13.5. The molecule has 0 saturated carbocycles. The Hall–Kier alpha value is -4.22. The molecule has 3 aromatic rings. The van der Waals surface area contributed by atoms with Gasteiger partial charge in [0.25, 0.3) is 5.91 Å². The van der Waals surface area contributed by atoms with E-state index in [4.69, 9.17) is 21.0 Å². The van der Waals surface area contributed by atoms with Crippen LogP contribution >= 0.6 is 0 Å². The van der Waals surface area contributed by atoms with Gasteiger partial charge in [-0.05, 0) is 81.2 Å². The van der Waals surface area contributed by atoms with E-state index in [0.29, 0.717) is 17.0 Å². The van der Waals surface area contributed by atoms with Crippen LogP contribution in [0.15, 0.2) is 59.6 Å². The summed E-state index contributed by atoms with van der Waals surface area (Å²) in [6.07, 6.45) is 0.974. The number of benzene rings is 3. The zero-order chi connectivity index (χ0) is 28.5. The van der Waals surface area contributed by atoms with E-state index in [2.05, 4.69) is 20.3 Å². The van der Waals surface area contributed by atoms with Gasteiger partial charge in [0, 0.05) is 36.6 Å². The lowest BCUT2D eigenvalue weighted by molar-refractivity contribution is 0.100. The third-order valence-electron chi connectivity index (χ3n) is 5.84. The summed E-state index contributed by atoms with van der Waals surface area (Å²) in [4.78, 5) is 26.4. The molecular weight excluding hydrogens is 506 g/mol. The van der Waals surface area contributed by atoms with Gasteiger partial charge in [-0.3, -0.25) is 15.1 Å². The zero-order valence-corrected chi connectivity index (χ0v) is 22.5. The fourth-order valence-corrected chi connectivity index (χ4v) is 3.84. The van der Waals surface area contributed by atoms with Crippen LogP contribution in [0.25, 0.3) is 0 Å². The Morgan fingerprint density at radius 3 is 2.36 bits per heavy atom. The molecule has 208 valence electrons. The number of nitrogens with two attached hydrogens (primary N) is 2. The van der Waals surface area contributed by atoms with Crippen molar-refractivity contribution in [3.05, 3.63) is 82.9 Å². The predicted octanol–water partition coefficient (Wildman–Crippen LogP) is 4.03. The number of carbonyl (C=O) groups excluding carboxylic acids is 1. The van der Waals surface area contributed by atoms with Gasteiger partial charge in [-0.15, -0.1) is 0 Å². The van der Waals surface area contributed by atoms with Gasteiger partial charge in [-0.25, -0.2) is 8.78 Å². The van der Waals surface area contributed by atoms with Crippen LogP contribution < -0.4 is 26.6 Å². The first-order chi connectivity index (χ1) is 18.6. The van der Waals surface area contributed by atoms with E-state index in [0.717, 1.165) is 31.3 Å².